The van der Waals surface area contributed by atoms with Crippen LogP contribution in [0.4, 0.5) is 5.69 Å². The Hall–Kier alpha value is -3.03. The summed E-state index contributed by atoms with van der Waals surface area (Å²) in [6, 6.07) is 9.17. The van der Waals surface area contributed by atoms with Crippen molar-refractivity contribution in [3.63, 3.8) is 0 Å². The molecule has 102 valence electrons. The number of carbonyl (C=O) groups is 1. The van der Waals surface area contributed by atoms with Crippen LogP contribution >= 0.6 is 11.3 Å². The number of thiophene rings is 1. The van der Waals surface area contributed by atoms with E-state index in [-0.39, 0.29) is 34.6 Å². The van der Waals surface area contributed by atoms with Crippen LogP contribution in [0.15, 0.2) is 29.6 Å². The van der Waals surface area contributed by atoms with Crippen molar-refractivity contribution in [1.29, 1.82) is 10.5 Å². The molecule has 7 heteroatoms. The second kappa shape index (κ2) is 5.95. The highest BCUT2D eigenvalue weighted by atomic mass is 32.1. The van der Waals surface area contributed by atoms with Crippen molar-refractivity contribution in [1.82, 2.24) is 0 Å². The molecule has 0 atom stereocenters. The van der Waals surface area contributed by atoms with Gasteiger partial charge in [-0.25, -0.2) is 0 Å². The fraction of sp³-hybridized carbons (Fsp3) is 0.0714. The molecule has 21 heavy (non-hydrogen) atoms. The lowest BCUT2D eigenvalue weighted by molar-refractivity contribution is -0.385. The zero-order valence-corrected chi connectivity index (χ0v) is 11.4. The van der Waals surface area contributed by atoms with Crippen LogP contribution in [0.3, 0.4) is 0 Å². The number of carbonyl (C=O) groups excluding carboxylic acids is 1. The van der Waals surface area contributed by atoms with E-state index in [2.05, 4.69) is 0 Å². The monoisotopic (exact) mass is 297 g/mol. The summed E-state index contributed by atoms with van der Waals surface area (Å²) >= 11 is 1.25. The zero-order chi connectivity index (χ0) is 15.4. The van der Waals surface area contributed by atoms with Gasteiger partial charge < -0.3 is 0 Å². The van der Waals surface area contributed by atoms with E-state index in [0.717, 1.165) is 6.07 Å². The Labute approximate surface area is 123 Å². The Balaban J connectivity index is 2.47. The molecule has 2 aromatic rings. The fourth-order valence-corrected chi connectivity index (χ4v) is 2.49. The molecule has 0 bridgehead atoms. The van der Waals surface area contributed by atoms with E-state index in [1.54, 1.807) is 23.6 Å². The molecule has 0 spiro atoms. The predicted molar refractivity (Wildman–Crippen MR) is 74.9 cm³/mol. The molecule has 0 fully saturated rings. The Morgan fingerprint density at radius 3 is 2.48 bits per heavy atom. The number of nitrogens with zero attached hydrogens (tertiary/aromatic N) is 3. The molecule has 0 amide bonds. The molecule has 0 aliphatic heterocycles. The number of Topliss-reactive ketones (excluding diaryl/α,β-unsaturated/α-hetero) is 1. The summed E-state index contributed by atoms with van der Waals surface area (Å²) in [6.45, 7) is 0. The van der Waals surface area contributed by atoms with E-state index in [0.29, 0.717) is 4.88 Å². The Bertz CT molecular complexity index is 798. The van der Waals surface area contributed by atoms with E-state index in [9.17, 15) is 14.9 Å². The summed E-state index contributed by atoms with van der Waals surface area (Å²) in [4.78, 5) is 22.9. The van der Waals surface area contributed by atoms with Gasteiger partial charge in [-0.3, -0.25) is 14.9 Å². The highest BCUT2D eigenvalue weighted by molar-refractivity contribution is 7.12. The van der Waals surface area contributed by atoms with Gasteiger partial charge in [0.2, 0.25) is 0 Å². The van der Waals surface area contributed by atoms with Crippen LogP contribution in [0.25, 0.3) is 0 Å². The van der Waals surface area contributed by atoms with E-state index in [4.69, 9.17) is 10.5 Å². The van der Waals surface area contributed by atoms with Crippen molar-refractivity contribution in [3.05, 3.63) is 61.3 Å². The average Bonchev–Trinajstić information content (AvgIpc) is 3.00. The van der Waals surface area contributed by atoms with Gasteiger partial charge in [0.15, 0.2) is 5.78 Å². The van der Waals surface area contributed by atoms with Crippen molar-refractivity contribution in [2.24, 2.45) is 0 Å². The lowest BCUT2D eigenvalue weighted by Gasteiger charge is -2.04. The Morgan fingerprint density at radius 2 is 1.95 bits per heavy atom. The highest BCUT2D eigenvalue weighted by Gasteiger charge is 2.21. The van der Waals surface area contributed by atoms with Crippen molar-refractivity contribution >= 4 is 22.8 Å². The van der Waals surface area contributed by atoms with Gasteiger partial charge >= 0.3 is 0 Å². The van der Waals surface area contributed by atoms with Crippen LogP contribution in [0.5, 0.6) is 0 Å². The van der Waals surface area contributed by atoms with Crippen molar-refractivity contribution < 1.29 is 9.72 Å². The lowest BCUT2D eigenvalue weighted by atomic mass is 9.99. The predicted octanol–water partition coefficient (Wildman–Crippen LogP) is 2.83. The largest absolute Gasteiger partial charge is 0.293 e. The molecule has 0 saturated heterocycles. The molecule has 1 aromatic heterocycles. The number of nitriles is 2. The summed E-state index contributed by atoms with van der Waals surface area (Å²) in [5, 5.41) is 30.7. The van der Waals surface area contributed by atoms with Crippen LogP contribution < -0.4 is 0 Å². The van der Waals surface area contributed by atoms with Crippen molar-refractivity contribution in [3.8, 4) is 12.1 Å². The van der Waals surface area contributed by atoms with E-state index in [1.807, 2.05) is 6.07 Å². The smallest absolute Gasteiger partial charge is 0.274 e. The quantitative estimate of drug-likeness (QED) is 0.489. The van der Waals surface area contributed by atoms with Gasteiger partial charge in [0.1, 0.15) is 12.1 Å². The number of hydrogen-bond acceptors (Lipinski definition) is 6. The third-order valence-corrected chi connectivity index (χ3v) is 3.71. The van der Waals surface area contributed by atoms with Gasteiger partial charge in [0, 0.05) is 18.1 Å². The molecule has 1 heterocycles. The normalized spacial score (nSPS) is 9.62. The maximum atomic E-state index is 12.0. The Kier molecular flexibility index (Phi) is 4.07. The topological polar surface area (TPSA) is 108 Å². The molecule has 1 aromatic carbocycles. The first-order chi connectivity index (χ1) is 10.1. The molecule has 2 rings (SSSR count). The number of ketones is 1. The van der Waals surface area contributed by atoms with Crippen LogP contribution in [0.1, 0.15) is 26.4 Å². The third kappa shape index (κ3) is 2.94. The van der Waals surface area contributed by atoms with Crippen LogP contribution in [-0.2, 0) is 6.42 Å². The molecular weight excluding hydrogens is 290 g/mol. The molecule has 0 aliphatic rings. The van der Waals surface area contributed by atoms with Gasteiger partial charge in [-0.1, -0.05) is 6.07 Å². The lowest BCUT2D eigenvalue weighted by Crippen LogP contribution is -2.05. The second-order valence-corrected chi connectivity index (χ2v) is 5.03. The zero-order valence-electron chi connectivity index (χ0n) is 10.6. The summed E-state index contributed by atoms with van der Waals surface area (Å²) in [5.41, 5.74) is -0.238. The molecular formula is C14H7N3O3S. The van der Waals surface area contributed by atoms with Gasteiger partial charge in [-0.2, -0.15) is 10.5 Å². The van der Waals surface area contributed by atoms with E-state index < -0.39 is 4.92 Å². The first-order valence-electron chi connectivity index (χ1n) is 5.75. The van der Waals surface area contributed by atoms with Crippen LogP contribution in [0, 0.1) is 32.8 Å². The Morgan fingerprint density at radius 1 is 1.29 bits per heavy atom. The highest BCUT2D eigenvalue weighted by Crippen LogP contribution is 2.25. The van der Waals surface area contributed by atoms with Gasteiger partial charge in [-0.15, -0.1) is 11.3 Å². The minimum Gasteiger partial charge on any atom is -0.293 e. The van der Waals surface area contributed by atoms with Gasteiger partial charge in [0.05, 0.1) is 20.9 Å². The third-order valence-electron chi connectivity index (χ3n) is 2.80. The van der Waals surface area contributed by atoms with E-state index >= 15 is 0 Å². The summed E-state index contributed by atoms with van der Waals surface area (Å²) in [5.74, 6) is -0.262. The first kappa shape index (κ1) is 14.4. The average molecular weight is 297 g/mol. The molecule has 6 nitrogen and oxygen atoms in total. The first-order valence-corrected chi connectivity index (χ1v) is 6.63. The summed E-state index contributed by atoms with van der Waals surface area (Å²) in [7, 11) is 0. The summed E-state index contributed by atoms with van der Waals surface area (Å²) < 4.78 is 0. The number of benzene rings is 1. The fourth-order valence-electron chi connectivity index (χ4n) is 1.83. The molecule has 0 aliphatic carbocycles. The number of nitro groups is 1. The van der Waals surface area contributed by atoms with Gasteiger partial charge in [-0.05, 0) is 17.5 Å². The van der Waals surface area contributed by atoms with E-state index in [1.165, 1.54) is 17.4 Å². The maximum Gasteiger partial charge on any atom is 0.274 e. The maximum absolute atomic E-state index is 12.0. The minimum atomic E-state index is -0.654. The molecule has 0 radical (unpaired) electrons. The minimum absolute atomic E-state index is 0.0251. The van der Waals surface area contributed by atoms with Crippen molar-refractivity contribution in [2.45, 2.75) is 6.42 Å². The van der Waals surface area contributed by atoms with Crippen LogP contribution in [0.2, 0.25) is 0 Å². The van der Waals surface area contributed by atoms with Crippen LogP contribution in [-0.4, -0.2) is 10.7 Å². The SMILES string of the molecule is N#Cc1cc(CC(=O)c2cccs2)c([N+](=O)[O-])cc1C#N. The summed E-state index contributed by atoms with van der Waals surface area (Å²) in [6.07, 6.45) is -0.183. The van der Waals surface area contributed by atoms with Crippen molar-refractivity contribution in [2.75, 3.05) is 0 Å². The van der Waals surface area contributed by atoms with Gasteiger partial charge in [0.25, 0.3) is 5.69 Å². The number of rotatable bonds is 4. The molecule has 0 N–H and O–H groups in total. The second-order valence-electron chi connectivity index (χ2n) is 4.08. The molecule has 0 saturated carbocycles. The molecule has 0 unspecified atom stereocenters. The number of nitro benzene ring substituents is 1. The number of hydrogen-bond donors (Lipinski definition) is 0. The standard InChI is InChI=1S/C14H7N3O3S/c15-7-10-4-9(6-13(18)14-2-1-3-21-14)12(17(19)20)5-11(10)8-16/h1-5H,6H2.